The van der Waals surface area contributed by atoms with Crippen LogP contribution < -0.4 is 5.73 Å². The van der Waals surface area contributed by atoms with Crippen LogP contribution in [0.15, 0.2) is 0 Å². The molecule has 1 saturated heterocycles. The molecule has 0 aromatic carbocycles. The first-order valence-corrected chi connectivity index (χ1v) is 5.46. The number of nitrogens with zero attached hydrogens (tertiary/aromatic N) is 2. The Morgan fingerprint density at radius 2 is 1.79 bits per heavy atom. The van der Waals surface area contributed by atoms with Gasteiger partial charge in [-0.1, -0.05) is 20.8 Å². The summed E-state index contributed by atoms with van der Waals surface area (Å²) in [6, 6.07) is 1.12. The van der Waals surface area contributed by atoms with E-state index in [0.717, 1.165) is 19.6 Å². The molecule has 84 valence electrons. The van der Waals surface area contributed by atoms with Gasteiger partial charge in [0.15, 0.2) is 0 Å². The van der Waals surface area contributed by atoms with Crippen molar-refractivity contribution < 1.29 is 0 Å². The van der Waals surface area contributed by atoms with Gasteiger partial charge in [-0.15, -0.1) is 0 Å². The maximum Gasteiger partial charge on any atom is 0.0346 e. The molecule has 1 rings (SSSR count). The lowest BCUT2D eigenvalue weighted by Gasteiger charge is -2.49. The van der Waals surface area contributed by atoms with E-state index in [4.69, 9.17) is 5.73 Å². The highest BCUT2D eigenvalue weighted by atomic mass is 15.3. The molecule has 0 spiro atoms. The fraction of sp³-hybridized carbons (Fsp3) is 1.00. The van der Waals surface area contributed by atoms with Gasteiger partial charge in [0.1, 0.15) is 0 Å². The van der Waals surface area contributed by atoms with Gasteiger partial charge >= 0.3 is 0 Å². The summed E-state index contributed by atoms with van der Waals surface area (Å²) in [7, 11) is 4.40. The zero-order chi connectivity index (χ0) is 10.9. The topological polar surface area (TPSA) is 32.5 Å². The Morgan fingerprint density at radius 1 is 1.21 bits per heavy atom. The van der Waals surface area contributed by atoms with E-state index in [1.807, 2.05) is 0 Å². The SMILES string of the molecule is CN1CC(CN)N(C)C(C(C)(C)C)C1. The fourth-order valence-electron chi connectivity index (χ4n) is 2.37. The lowest BCUT2D eigenvalue weighted by Crippen LogP contribution is -2.61. The highest BCUT2D eigenvalue weighted by Crippen LogP contribution is 2.28. The largest absolute Gasteiger partial charge is 0.329 e. The lowest BCUT2D eigenvalue weighted by molar-refractivity contribution is 0.00625. The summed E-state index contributed by atoms with van der Waals surface area (Å²) >= 11 is 0. The van der Waals surface area contributed by atoms with Gasteiger partial charge in [-0.05, 0) is 19.5 Å². The molecule has 0 radical (unpaired) electrons. The van der Waals surface area contributed by atoms with Crippen LogP contribution in [0.25, 0.3) is 0 Å². The van der Waals surface area contributed by atoms with Gasteiger partial charge in [-0.3, -0.25) is 4.90 Å². The number of rotatable bonds is 1. The van der Waals surface area contributed by atoms with Crippen LogP contribution in [-0.4, -0.2) is 55.6 Å². The Bertz CT molecular complexity index is 185. The first kappa shape index (κ1) is 12.0. The van der Waals surface area contributed by atoms with Crippen molar-refractivity contribution in [2.45, 2.75) is 32.9 Å². The Hall–Kier alpha value is -0.120. The molecule has 0 amide bonds. The van der Waals surface area contributed by atoms with Gasteiger partial charge in [0.2, 0.25) is 0 Å². The zero-order valence-electron chi connectivity index (χ0n) is 10.2. The normalized spacial score (nSPS) is 32.1. The summed E-state index contributed by atoms with van der Waals surface area (Å²) in [6.45, 7) is 9.92. The van der Waals surface area contributed by atoms with Crippen molar-refractivity contribution in [1.29, 1.82) is 0 Å². The Kier molecular flexibility index (Phi) is 3.56. The maximum absolute atomic E-state index is 5.79. The average Bonchev–Trinajstić information content (AvgIpc) is 2.06. The number of nitrogens with two attached hydrogens (primary N) is 1. The van der Waals surface area contributed by atoms with Crippen molar-refractivity contribution in [2.75, 3.05) is 33.7 Å². The third kappa shape index (κ3) is 2.47. The van der Waals surface area contributed by atoms with Crippen LogP contribution in [0.3, 0.4) is 0 Å². The Labute approximate surface area is 88.2 Å². The highest BCUT2D eigenvalue weighted by Gasteiger charge is 2.36. The van der Waals surface area contributed by atoms with Crippen molar-refractivity contribution in [3.8, 4) is 0 Å². The van der Waals surface area contributed by atoms with Crippen molar-refractivity contribution in [2.24, 2.45) is 11.1 Å². The first-order chi connectivity index (χ1) is 6.36. The van der Waals surface area contributed by atoms with E-state index in [9.17, 15) is 0 Å². The van der Waals surface area contributed by atoms with E-state index in [2.05, 4.69) is 44.7 Å². The van der Waals surface area contributed by atoms with Gasteiger partial charge < -0.3 is 10.6 Å². The summed E-state index contributed by atoms with van der Waals surface area (Å²) < 4.78 is 0. The maximum atomic E-state index is 5.79. The monoisotopic (exact) mass is 199 g/mol. The van der Waals surface area contributed by atoms with Crippen LogP contribution in [0.1, 0.15) is 20.8 Å². The summed E-state index contributed by atoms with van der Waals surface area (Å²) in [5, 5.41) is 0. The van der Waals surface area contributed by atoms with E-state index in [-0.39, 0.29) is 0 Å². The molecule has 14 heavy (non-hydrogen) atoms. The second kappa shape index (κ2) is 4.17. The lowest BCUT2D eigenvalue weighted by atomic mass is 9.83. The molecule has 1 aliphatic heterocycles. The van der Waals surface area contributed by atoms with Crippen LogP contribution in [0, 0.1) is 5.41 Å². The number of hydrogen-bond acceptors (Lipinski definition) is 3. The molecule has 2 unspecified atom stereocenters. The first-order valence-electron chi connectivity index (χ1n) is 5.46. The van der Waals surface area contributed by atoms with Gasteiger partial charge in [-0.2, -0.15) is 0 Å². The van der Waals surface area contributed by atoms with E-state index >= 15 is 0 Å². The summed E-state index contributed by atoms with van der Waals surface area (Å²) in [5.41, 5.74) is 6.12. The number of hydrogen-bond donors (Lipinski definition) is 1. The molecule has 0 bridgehead atoms. The van der Waals surface area contributed by atoms with Crippen molar-refractivity contribution in [1.82, 2.24) is 9.80 Å². The fourth-order valence-corrected chi connectivity index (χ4v) is 2.37. The second-order valence-electron chi connectivity index (χ2n) is 5.66. The van der Waals surface area contributed by atoms with Crippen LogP contribution in [0.2, 0.25) is 0 Å². The predicted octanol–water partition coefficient (Wildman–Crippen LogP) is 0.606. The highest BCUT2D eigenvalue weighted by molar-refractivity contribution is 4.92. The minimum atomic E-state index is 0.330. The zero-order valence-corrected chi connectivity index (χ0v) is 10.2. The van der Waals surface area contributed by atoms with Crippen LogP contribution in [0.5, 0.6) is 0 Å². The van der Waals surface area contributed by atoms with Gasteiger partial charge in [-0.25, -0.2) is 0 Å². The smallest absolute Gasteiger partial charge is 0.0346 e. The Balaban J connectivity index is 2.75. The van der Waals surface area contributed by atoms with E-state index < -0.39 is 0 Å². The van der Waals surface area contributed by atoms with E-state index in [0.29, 0.717) is 17.5 Å². The van der Waals surface area contributed by atoms with Crippen molar-refractivity contribution in [3.63, 3.8) is 0 Å². The predicted molar refractivity (Wildman–Crippen MR) is 61.3 cm³/mol. The molecule has 3 nitrogen and oxygen atoms in total. The summed E-state index contributed by atoms with van der Waals surface area (Å²) in [6.07, 6.45) is 0. The number of piperazine rings is 1. The van der Waals surface area contributed by atoms with Gasteiger partial charge in [0, 0.05) is 31.7 Å². The summed E-state index contributed by atoms with van der Waals surface area (Å²) in [4.78, 5) is 4.85. The van der Waals surface area contributed by atoms with Gasteiger partial charge in [0.25, 0.3) is 0 Å². The van der Waals surface area contributed by atoms with Crippen LogP contribution in [0.4, 0.5) is 0 Å². The molecule has 0 aliphatic carbocycles. The minimum Gasteiger partial charge on any atom is -0.329 e. The molecule has 1 aliphatic rings. The molecule has 0 aromatic heterocycles. The third-order valence-electron chi connectivity index (χ3n) is 3.35. The van der Waals surface area contributed by atoms with Crippen LogP contribution >= 0.6 is 0 Å². The van der Waals surface area contributed by atoms with E-state index in [1.54, 1.807) is 0 Å². The molecule has 0 saturated carbocycles. The molecule has 0 aromatic rings. The average molecular weight is 199 g/mol. The molecule has 3 heteroatoms. The van der Waals surface area contributed by atoms with Crippen molar-refractivity contribution in [3.05, 3.63) is 0 Å². The van der Waals surface area contributed by atoms with Crippen LogP contribution in [-0.2, 0) is 0 Å². The Morgan fingerprint density at radius 3 is 2.21 bits per heavy atom. The summed E-state index contributed by atoms with van der Waals surface area (Å²) in [5.74, 6) is 0. The molecule has 1 heterocycles. The molecular formula is C11H25N3. The van der Waals surface area contributed by atoms with Crippen molar-refractivity contribution >= 4 is 0 Å². The van der Waals surface area contributed by atoms with Gasteiger partial charge in [0.05, 0.1) is 0 Å². The standard InChI is InChI=1S/C11H25N3/c1-11(2,3)10-8-13(4)7-9(6-12)14(10)5/h9-10H,6-8,12H2,1-5H3. The molecular weight excluding hydrogens is 174 g/mol. The molecule has 2 N–H and O–H groups in total. The minimum absolute atomic E-state index is 0.330. The second-order valence-corrected chi connectivity index (χ2v) is 5.66. The number of likely N-dealkylation sites (N-methyl/N-ethyl adjacent to an activating group) is 2. The van der Waals surface area contributed by atoms with E-state index in [1.165, 1.54) is 0 Å². The quantitative estimate of drug-likeness (QED) is 0.671. The third-order valence-corrected chi connectivity index (χ3v) is 3.35. The molecule has 2 atom stereocenters. The molecule has 1 fully saturated rings.